The van der Waals surface area contributed by atoms with Crippen molar-refractivity contribution < 1.29 is 0 Å². The monoisotopic (exact) mass is 299 g/mol. The smallest absolute Gasteiger partial charge is 0.132 e. The van der Waals surface area contributed by atoms with Gasteiger partial charge in [0.25, 0.3) is 0 Å². The second-order valence-corrected chi connectivity index (χ2v) is 5.20. The average Bonchev–Trinajstić information content (AvgIpc) is 2.55. The molecule has 1 saturated heterocycles. The molecule has 0 atom stereocenters. The van der Waals surface area contributed by atoms with Crippen molar-refractivity contribution in [1.82, 2.24) is 9.97 Å². The minimum Gasteiger partial charge on any atom is -0.353 e. The Balaban J connectivity index is 1.71. The van der Waals surface area contributed by atoms with Crippen LogP contribution in [-0.2, 0) is 0 Å². The minimum atomic E-state index is 0.358. The molecule has 0 amide bonds. The molecule has 21 heavy (non-hydrogen) atoms. The number of hydrogen-bond donors (Lipinski definition) is 0. The quantitative estimate of drug-likeness (QED) is 0.797. The Labute approximate surface area is 128 Å². The lowest BCUT2D eigenvalue weighted by atomic mass is 10.2. The van der Waals surface area contributed by atoms with Crippen molar-refractivity contribution in [3.05, 3.63) is 47.2 Å². The number of pyridine rings is 2. The van der Waals surface area contributed by atoms with Crippen molar-refractivity contribution >= 4 is 23.2 Å². The summed E-state index contributed by atoms with van der Waals surface area (Å²) in [6.45, 7) is 3.39. The van der Waals surface area contributed by atoms with E-state index in [-0.39, 0.29) is 0 Å². The summed E-state index contributed by atoms with van der Waals surface area (Å²) in [4.78, 5) is 13.1. The number of piperazine rings is 1. The van der Waals surface area contributed by atoms with Crippen LogP contribution in [0, 0.1) is 11.3 Å². The van der Waals surface area contributed by atoms with Crippen LogP contribution in [0.15, 0.2) is 36.5 Å². The molecule has 0 aromatic carbocycles. The molecule has 0 saturated carbocycles. The van der Waals surface area contributed by atoms with Gasteiger partial charge in [0.05, 0.1) is 11.6 Å². The molecule has 6 heteroatoms. The van der Waals surface area contributed by atoms with Crippen LogP contribution in [0.2, 0.25) is 5.15 Å². The SMILES string of the molecule is N#Cc1cc(Cl)nc(N2CCN(c3ccccn3)CC2)c1. The zero-order valence-electron chi connectivity index (χ0n) is 11.4. The van der Waals surface area contributed by atoms with Crippen molar-refractivity contribution in [3.8, 4) is 6.07 Å². The maximum absolute atomic E-state index is 9.00. The first-order valence-electron chi connectivity index (χ1n) is 6.75. The van der Waals surface area contributed by atoms with E-state index in [9.17, 15) is 0 Å². The Morgan fingerprint density at radius 2 is 1.76 bits per heavy atom. The summed E-state index contributed by atoms with van der Waals surface area (Å²) in [5.74, 6) is 1.76. The molecule has 106 valence electrons. The number of nitriles is 1. The molecular weight excluding hydrogens is 286 g/mol. The largest absolute Gasteiger partial charge is 0.353 e. The van der Waals surface area contributed by atoms with Crippen LogP contribution in [0.25, 0.3) is 0 Å². The molecule has 3 rings (SSSR count). The molecule has 1 aliphatic heterocycles. The first-order valence-corrected chi connectivity index (χ1v) is 7.13. The van der Waals surface area contributed by atoms with Gasteiger partial charge in [0.2, 0.25) is 0 Å². The van der Waals surface area contributed by atoms with E-state index in [0.717, 1.165) is 37.8 Å². The first-order chi connectivity index (χ1) is 10.3. The number of nitrogens with zero attached hydrogens (tertiary/aromatic N) is 5. The van der Waals surface area contributed by atoms with Gasteiger partial charge < -0.3 is 9.80 Å². The second kappa shape index (κ2) is 5.98. The molecular formula is C15H14ClN5. The molecule has 3 heterocycles. The summed E-state index contributed by atoms with van der Waals surface area (Å²) >= 11 is 5.96. The van der Waals surface area contributed by atoms with Gasteiger partial charge in [-0.1, -0.05) is 17.7 Å². The van der Waals surface area contributed by atoms with E-state index in [4.69, 9.17) is 16.9 Å². The third-order valence-electron chi connectivity index (χ3n) is 3.49. The highest BCUT2D eigenvalue weighted by atomic mass is 35.5. The summed E-state index contributed by atoms with van der Waals surface area (Å²) in [6, 6.07) is 11.4. The number of hydrogen-bond acceptors (Lipinski definition) is 5. The molecule has 2 aromatic heterocycles. The topological polar surface area (TPSA) is 56.1 Å². The molecule has 2 aromatic rings. The van der Waals surface area contributed by atoms with E-state index in [0.29, 0.717) is 10.7 Å². The summed E-state index contributed by atoms with van der Waals surface area (Å²) < 4.78 is 0. The minimum absolute atomic E-state index is 0.358. The van der Waals surface area contributed by atoms with Crippen molar-refractivity contribution in [1.29, 1.82) is 5.26 Å². The molecule has 0 bridgehead atoms. The van der Waals surface area contributed by atoms with Gasteiger partial charge in [-0.15, -0.1) is 0 Å². The van der Waals surface area contributed by atoms with Crippen molar-refractivity contribution in [2.75, 3.05) is 36.0 Å². The van der Waals surface area contributed by atoms with E-state index < -0.39 is 0 Å². The van der Waals surface area contributed by atoms with Gasteiger partial charge in [0.15, 0.2) is 0 Å². The lowest BCUT2D eigenvalue weighted by molar-refractivity contribution is 0.642. The number of aromatic nitrogens is 2. The van der Waals surface area contributed by atoms with E-state index in [1.54, 1.807) is 18.3 Å². The van der Waals surface area contributed by atoms with E-state index >= 15 is 0 Å². The van der Waals surface area contributed by atoms with Gasteiger partial charge in [-0.3, -0.25) is 0 Å². The fourth-order valence-corrected chi connectivity index (χ4v) is 2.62. The number of halogens is 1. The molecule has 0 aliphatic carbocycles. The molecule has 0 N–H and O–H groups in total. The number of anilines is 2. The Morgan fingerprint density at radius 1 is 1.05 bits per heavy atom. The van der Waals surface area contributed by atoms with Crippen LogP contribution in [0.5, 0.6) is 0 Å². The van der Waals surface area contributed by atoms with Crippen LogP contribution >= 0.6 is 11.6 Å². The molecule has 0 unspecified atom stereocenters. The van der Waals surface area contributed by atoms with Gasteiger partial charge >= 0.3 is 0 Å². The normalized spacial score (nSPS) is 14.9. The second-order valence-electron chi connectivity index (χ2n) is 4.81. The zero-order valence-corrected chi connectivity index (χ0v) is 12.2. The third-order valence-corrected chi connectivity index (χ3v) is 3.68. The molecule has 1 fully saturated rings. The average molecular weight is 300 g/mol. The van der Waals surface area contributed by atoms with E-state index in [2.05, 4.69) is 25.8 Å². The van der Waals surface area contributed by atoms with E-state index in [1.165, 1.54) is 0 Å². The van der Waals surface area contributed by atoms with E-state index in [1.807, 2.05) is 18.2 Å². The van der Waals surface area contributed by atoms with Crippen LogP contribution in [0.4, 0.5) is 11.6 Å². The highest BCUT2D eigenvalue weighted by Gasteiger charge is 2.19. The fourth-order valence-electron chi connectivity index (χ4n) is 2.42. The Kier molecular flexibility index (Phi) is 3.89. The van der Waals surface area contributed by atoms with Gasteiger partial charge in [-0.05, 0) is 24.3 Å². The zero-order chi connectivity index (χ0) is 14.7. The molecule has 1 aliphatic rings. The Morgan fingerprint density at radius 3 is 2.38 bits per heavy atom. The van der Waals surface area contributed by atoms with Crippen molar-refractivity contribution in [3.63, 3.8) is 0 Å². The molecule has 5 nitrogen and oxygen atoms in total. The first kappa shape index (κ1) is 13.7. The Bertz CT molecular complexity index is 660. The predicted octanol–water partition coefficient (Wildman–Crippen LogP) is 2.33. The van der Waals surface area contributed by atoms with Gasteiger partial charge in [-0.2, -0.15) is 5.26 Å². The lowest BCUT2D eigenvalue weighted by Crippen LogP contribution is -2.47. The van der Waals surface area contributed by atoms with Crippen LogP contribution in [-0.4, -0.2) is 36.1 Å². The summed E-state index contributed by atoms with van der Waals surface area (Å²) in [5.41, 5.74) is 0.539. The maximum atomic E-state index is 9.00. The highest BCUT2D eigenvalue weighted by molar-refractivity contribution is 6.29. The van der Waals surface area contributed by atoms with Crippen molar-refractivity contribution in [2.24, 2.45) is 0 Å². The summed E-state index contributed by atoms with van der Waals surface area (Å²) in [7, 11) is 0. The summed E-state index contributed by atoms with van der Waals surface area (Å²) in [6.07, 6.45) is 1.80. The van der Waals surface area contributed by atoms with Gasteiger partial charge in [0.1, 0.15) is 16.8 Å². The lowest BCUT2D eigenvalue weighted by Gasteiger charge is -2.36. The van der Waals surface area contributed by atoms with Crippen molar-refractivity contribution in [2.45, 2.75) is 0 Å². The van der Waals surface area contributed by atoms with Gasteiger partial charge in [0, 0.05) is 32.4 Å². The number of rotatable bonds is 2. The summed E-state index contributed by atoms with van der Waals surface area (Å²) in [5, 5.41) is 9.36. The standard InChI is InChI=1S/C15H14ClN5/c16-13-9-12(11-17)10-15(19-13)21-7-5-20(6-8-21)14-3-1-2-4-18-14/h1-4,9-10H,5-8H2. The molecule has 0 spiro atoms. The van der Waals surface area contributed by atoms with Crippen LogP contribution in [0.1, 0.15) is 5.56 Å². The molecule has 0 radical (unpaired) electrons. The Hall–Kier alpha value is -2.32. The third kappa shape index (κ3) is 3.06. The predicted molar refractivity (Wildman–Crippen MR) is 82.6 cm³/mol. The maximum Gasteiger partial charge on any atom is 0.132 e. The van der Waals surface area contributed by atoms with Gasteiger partial charge in [-0.25, -0.2) is 9.97 Å². The van der Waals surface area contributed by atoms with Crippen LogP contribution in [0.3, 0.4) is 0 Å². The fraction of sp³-hybridized carbons (Fsp3) is 0.267. The highest BCUT2D eigenvalue weighted by Crippen LogP contribution is 2.20. The van der Waals surface area contributed by atoms with Crippen LogP contribution < -0.4 is 9.80 Å².